The van der Waals surface area contributed by atoms with Gasteiger partial charge in [-0.2, -0.15) is 0 Å². The summed E-state index contributed by atoms with van der Waals surface area (Å²) in [5.74, 6) is -0.251. The Balaban J connectivity index is 1.87. The second-order valence-corrected chi connectivity index (χ2v) is 5.35. The van der Waals surface area contributed by atoms with Crippen molar-refractivity contribution in [3.05, 3.63) is 70.7 Å². The molecule has 0 aliphatic heterocycles. The van der Waals surface area contributed by atoms with Crippen LogP contribution >= 0.6 is 15.9 Å². The normalized spacial score (nSPS) is 10.7. The van der Waals surface area contributed by atoms with Crippen molar-refractivity contribution in [2.75, 3.05) is 5.32 Å². The summed E-state index contributed by atoms with van der Waals surface area (Å²) in [4.78, 5) is 4.13. The number of fused-ring (bicyclic) bond motifs is 1. The lowest BCUT2D eigenvalue weighted by atomic mass is 10.1. The zero-order valence-electron chi connectivity index (χ0n) is 10.6. The average Bonchev–Trinajstić information content (AvgIpc) is 2.46. The van der Waals surface area contributed by atoms with Crippen LogP contribution in [0.1, 0.15) is 5.56 Å². The third kappa shape index (κ3) is 2.65. The summed E-state index contributed by atoms with van der Waals surface area (Å²) in [5.41, 5.74) is 2.05. The topological polar surface area (TPSA) is 24.9 Å². The molecular formula is C16H12BrFN2. The molecule has 1 heterocycles. The Morgan fingerprint density at radius 3 is 2.90 bits per heavy atom. The van der Waals surface area contributed by atoms with E-state index in [2.05, 4.69) is 32.3 Å². The maximum absolute atomic E-state index is 13.1. The minimum atomic E-state index is -0.251. The molecule has 0 fully saturated rings. The molecule has 2 nitrogen and oxygen atoms in total. The highest BCUT2D eigenvalue weighted by molar-refractivity contribution is 9.10. The summed E-state index contributed by atoms with van der Waals surface area (Å²) < 4.78 is 13.8. The molecule has 1 N–H and O–H groups in total. The van der Waals surface area contributed by atoms with Gasteiger partial charge in [-0.25, -0.2) is 4.39 Å². The van der Waals surface area contributed by atoms with E-state index in [4.69, 9.17) is 0 Å². The molecule has 0 spiro atoms. The van der Waals surface area contributed by atoms with Crippen LogP contribution in [0.25, 0.3) is 10.8 Å². The minimum absolute atomic E-state index is 0.251. The fourth-order valence-electron chi connectivity index (χ4n) is 2.17. The van der Waals surface area contributed by atoms with Gasteiger partial charge < -0.3 is 5.32 Å². The van der Waals surface area contributed by atoms with Gasteiger partial charge in [-0.15, -0.1) is 0 Å². The van der Waals surface area contributed by atoms with Crippen LogP contribution < -0.4 is 5.32 Å². The van der Waals surface area contributed by atoms with Crippen molar-refractivity contribution in [1.29, 1.82) is 0 Å². The van der Waals surface area contributed by atoms with Crippen LogP contribution in [0, 0.1) is 5.82 Å². The van der Waals surface area contributed by atoms with E-state index in [9.17, 15) is 4.39 Å². The van der Waals surface area contributed by atoms with E-state index >= 15 is 0 Å². The molecule has 1 aromatic heterocycles. The number of hydrogen-bond acceptors (Lipinski definition) is 2. The van der Waals surface area contributed by atoms with Crippen molar-refractivity contribution < 1.29 is 4.39 Å². The Hall–Kier alpha value is -1.94. The van der Waals surface area contributed by atoms with Gasteiger partial charge in [-0.3, -0.25) is 4.98 Å². The minimum Gasteiger partial charge on any atom is -0.380 e. The molecule has 3 aromatic rings. The summed E-state index contributed by atoms with van der Waals surface area (Å²) in [7, 11) is 0. The van der Waals surface area contributed by atoms with E-state index in [1.165, 1.54) is 23.1 Å². The molecule has 100 valence electrons. The molecule has 0 amide bonds. The van der Waals surface area contributed by atoms with Crippen LogP contribution in [0.3, 0.4) is 0 Å². The van der Waals surface area contributed by atoms with Crippen molar-refractivity contribution in [1.82, 2.24) is 4.98 Å². The number of aromatic nitrogens is 1. The van der Waals surface area contributed by atoms with Crippen LogP contribution in [0.2, 0.25) is 0 Å². The first-order chi connectivity index (χ1) is 9.74. The summed E-state index contributed by atoms with van der Waals surface area (Å²) in [6.45, 7) is 0.672. The largest absolute Gasteiger partial charge is 0.380 e. The number of anilines is 1. The smallest absolute Gasteiger partial charge is 0.124 e. The van der Waals surface area contributed by atoms with Crippen LogP contribution in [0.4, 0.5) is 10.1 Å². The van der Waals surface area contributed by atoms with E-state index in [0.29, 0.717) is 6.54 Å². The molecule has 0 atom stereocenters. The van der Waals surface area contributed by atoms with Crippen LogP contribution in [-0.2, 0) is 6.54 Å². The van der Waals surface area contributed by atoms with Gasteiger partial charge in [0, 0.05) is 34.5 Å². The van der Waals surface area contributed by atoms with Gasteiger partial charge >= 0.3 is 0 Å². The van der Waals surface area contributed by atoms with Crippen molar-refractivity contribution in [3.63, 3.8) is 0 Å². The van der Waals surface area contributed by atoms with E-state index in [1.54, 1.807) is 12.3 Å². The predicted molar refractivity (Wildman–Crippen MR) is 83.2 cm³/mol. The fraction of sp³-hybridized carbons (Fsp3) is 0.0625. The second kappa shape index (κ2) is 5.59. The number of benzene rings is 2. The Bertz CT molecular complexity index is 753. The molecule has 0 aliphatic rings. The van der Waals surface area contributed by atoms with E-state index in [0.717, 1.165) is 15.5 Å². The van der Waals surface area contributed by atoms with Gasteiger partial charge in [-0.05, 0) is 51.1 Å². The predicted octanol–water partition coefficient (Wildman–Crippen LogP) is 4.75. The Labute approximate surface area is 124 Å². The molecular weight excluding hydrogens is 319 g/mol. The molecule has 2 aromatic carbocycles. The van der Waals surface area contributed by atoms with Gasteiger partial charge in [0.15, 0.2) is 0 Å². The first kappa shape index (κ1) is 13.1. The average molecular weight is 331 g/mol. The maximum Gasteiger partial charge on any atom is 0.124 e. The quantitative estimate of drug-likeness (QED) is 0.749. The van der Waals surface area contributed by atoms with E-state index in [-0.39, 0.29) is 5.82 Å². The molecule has 0 saturated carbocycles. The lowest BCUT2D eigenvalue weighted by Gasteiger charge is -2.10. The first-order valence-electron chi connectivity index (χ1n) is 6.24. The van der Waals surface area contributed by atoms with Gasteiger partial charge in [0.2, 0.25) is 0 Å². The molecule has 20 heavy (non-hydrogen) atoms. The standard InChI is InChI=1S/C16H12BrFN2/c17-15-8-13(18)4-5-16(15)20-10-12-3-1-2-11-9-19-7-6-14(11)12/h1-9,20H,10H2. The molecule has 4 heteroatoms. The van der Waals surface area contributed by atoms with E-state index < -0.39 is 0 Å². The molecule has 0 bridgehead atoms. The molecule has 3 rings (SSSR count). The number of nitrogens with zero attached hydrogens (tertiary/aromatic N) is 1. The summed E-state index contributed by atoms with van der Waals surface area (Å²) in [6, 6.07) is 12.8. The van der Waals surface area contributed by atoms with Crippen molar-refractivity contribution in [2.45, 2.75) is 6.54 Å². The number of pyridine rings is 1. The second-order valence-electron chi connectivity index (χ2n) is 4.49. The Kier molecular flexibility index (Phi) is 3.65. The van der Waals surface area contributed by atoms with Gasteiger partial charge in [0.25, 0.3) is 0 Å². The number of rotatable bonds is 3. The molecule has 0 saturated heterocycles. The zero-order valence-corrected chi connectivity index (χ0v) is 12.2. The van der Waals surface area contributed by atoms with Crippen molar-refractivity contribution >= 4 is 32.4 Å². The van der Waals surface area contributed by atoms with E-state index in [1.807, 2.05) is 24.4 Å². The monoisotopic (exact) mass is 330 g/mol. The number of nitrogens with one attached hydrogen (secondary N) is 1. The maximum atomic E-state index is 13.1. The highest BCUT2D eigenvalue weighted by atomic mass is 79.9. The van der Waals surface area contributed by atoms with Crippen LogP contribution in [0.15, 0.2) is 59.3 Å². The molecule has 0 aliphatic carbocycles. The molecule has 0 radical (unpaired) electrons. The molecule has 0 unspecified atom stereocenters. The Morgan fingerprint density at radius 2 is 2.05 bits per heavy atom. The summed E-state index contributed by atoms with van der Waals surface area (Å²) in [5, 5.41) is 5.60. The summed E-state index contributed by atoms with van der Waals surface area (Å²) >= 11 is 3.36. The van der Waals surface area contributed by atoms with Crippen molar-refractivity contribution in [3.8, 4) is 0 Å². The lowest BCUT2D eigenvalue weighted by Crippen LogP contribution is -2.01. The lowest BCUT2D eigenvalue weighted by molar-refractivity contribution is 0.627. The van der Waals surface area contributed by atoms with Crippen molar-refractivity contribution in [2.24, 2.45) is 0 Å². The Morgan fingerprint density at radius 1 is 1.15 bits per heavy atom. The first-order valence-corrected chi connectivity index (χ1v) is 7.04. The van der Waals surface area contributed by atoms with Crippen LogP contribution in [0.5, 0.6) is 0 Å². The highest BCUT2D eigenvalue weighted by Gasteiger charge is 2.03. The SMILES string of the molecule is Fc1ccc(NCc2cccc3cnccc23)c(Br)c1. The van der Waals surface area contributed by atoms with Crippen LogP contribution in [-0.4, -0.2) is 4.98 Å². The number of hydrogen-bond donors (Lipinski definition) is 1. The summed E-state index contributed by atoms with van der Waals surface area (Å²) in [6.07, 6.45) is 3.65. The fourth-order valence-corrected chi connectivity index (χ4v) is 2.66. The third-order valence-corrected chi connectivity index (χ3v) is 3.83. The highest BCUT2D eigenvalue weighted by Crippen LogP contribution is 2.25. The van der Waals surface area contributed by atoms with Gasteiger partial charge in [-0.1, -0.05) is 18.2 Å². The number of halogens is 2. The van der Waals surface area contributed by atoms with Gasteiger partial charge in [0.1, 0.15) is 5.82 Å². The van der Waals surface area contributed by atoms with Gasteiger partial charge in [0.05, 0.1) is 0 Å². The zero-order chi connectivity index (χ0) is 13.9. The third-order valence-electron chi connectivity index (χ3n) is 3.17.